The van der Waals surface area contributed by atoms with E-state index in [2.05, 4.69) is 36.2 Å². The van der Waals surface area contributed by atoms with Gasteiger partial charge in [-0.25, -0.2) is 4.79 Å². The SMILES string of the molecule is CCOC(=O)/C=C/CC(CC#CBr)(C(=O)OC)C(=O)OC. The number of allylic oxidation sites excluding steroid dienone is 1. The first-order valence-electron chi connectivity index (χ1n) is 6.07. The molecule has 0 aliphatic carbocycles. The maximum Gasteiger partial charge on any atom is 0.330 e. The number of hydrogen-bond donors (Lipinski definition) is 0. The number of ether oxygens (including phenoxy) is 3. The van der Waals surface area contributed by atoms with Crippen LogP contribution in [0.2, 0.25) is 0 Å². The van der Waals surface area contributed by atoms with Gasteiger partial charge in [0.15, 0.2) is 5.41 Å². The van der Waals surface area contributed by atoms with Crippen molar-refractivity contribution in [3.8, 4) is 10.8 Å². The van der Waals surface area contributed by atoms with Gasteiger partial charge < -0.3 is 14.2 Å². The molecular weight excluding hydrogens is 344 g/mol. The van der Waals surface area contributed by atoms with Crippen LogP contribution in [0.25, 0.3) is 0 Å². The van der Waals surface area contributed by atoms with Crippen LogP contribution in [0.4, 0.5) is 0 Å². The molecule has 116 valence electrons. The van der Waals surface area contributed by atoms with Crippen LogP contribution in [0, 0.1) is 16.2 Å². The van der Waals surface area contributed by atoms with Gasteiger partial charge in [-0.2, -0.15) is 0 Å². The average molecular weight is 361 g/mol. The van der Waals surface area contributed by atoms with Crippen molar-refractivity contribution < 1.29 is 28.6 Å². The van der Waals surface area contributed by atoms with Crippen LogP contribution >= 0.6 is 15.9 Å². The monoisotopic (exact) mass is 360 g/mol. The molecule has 0 aromatic rings. The summed E-state index contributed by atoms with van der Waals surface area (Å²) in [6.45, 7) is 1.90. The Labute approximate surface area is 131 Å². The lowest BCUT2D eigenvalue weighted by molar-refractivity contribution is -0.168. The summed E-state index contributed by atoms with van der Waals surface area (Å²) >= 11 is 2.90. The first kappa shape index (κ1) is 19.2. The zero-order valence-electron chi connectivity index (χ0n) is 12.1. The van der Waals surface area contributed by atoms with E-state index < -0.39 is 23.3 Å². The molecule has 0 radical (unpaired) electrons. The molecule has 0 aliphatic heterocycles. The van der Waals surface area contributed by atoms with Gasteiger partial charge >= 0.3 is 17.9 Å². The number of rotatable bonds is 7. The van der Waals surface area contributed by atoms with E-state index in [0.29, 0.717) is 0 Å². The van der Waals surface area contributed by atoms with Gasteiger partial charge in [0.1, 0.15) is 0 Å². The quantitative estimate of drug-likeness (QED) is 0.225. The molecule has 0 heterocycles. The van der Waals surface area contributed by atoms with Crippen LogP contribution < -0.4 is 0 Å². The Morgan fingerprint density at radius 1 is 1.19 bits per heavy atom. The van der Waals surface area contributed by atoms with E-state index in [1.165, 1.54) is 6.08 Å². The second kappa shape index (κ2) is 10.00. The molecule has 0 saturated heterocycles. The van der Waals surface area contributed by atoms with Gasteiger partial charge in [0, 0.05) is 28.4 Å². The molecule has 0 fully saturated rings. The third-order valence-electron chi connectivity index (χ3n) is 2.62. The number of carbonyl (C=O) groups excluding carboxylic acids is 3. The van der Waals surface area contributed by atoms with Crippen molar-refractivity contribution in [3.63, 3.8) is 0 Å². The zero-order valence-corrected chi connectivity index (χ0v) is 13.7. The van der Waals surface area contributed by atoms with E-state index >= 15 is 0 Å². The van der Waals surface area contributed by atoms with E-state index in [1.807, 2.05) is 0 Å². The summed E-state index contributed by atoms with van der Waals surface area (Å²) < 4.78 is 14.1. The molecule has 0 atom stereocenters. The van der Waals surface area contributed by atoms with Gasteiger partial charge in [0.2, 0.25) is 0 Å². The first-order chi connectivity index (χ1) is 9.98. The Morgan fingerprint density at radius 3 is 2.19 bits per heavy atom. The summed E-state index contributed by atoms with van der Waals surface area (Å²) in [5.74, 6) is 0.476. The van der Waals surface area contributed by atoms with Gasteiger partial charge in [-0.1, -0.05) is 12.0 Å². The van der Waals surface area contributed by atoms with Crippen LogP contribution in [0.15, 0.2) is 12.2 Å². The van der Waals surface area contributed by atoms with Crippen molar-refractivity contribution in [2.75, 3.05) is 20.8 Å². The van der Waals surface area contributed by atoms with Crippen molar-refractivity contribution in [2.24, 2.45) is 5.41 Å². The third-order valence-corrected chi connectivity index (χ3v) is 2.90. The fourth-order valence-electron chi connectivity index (χ4n) is 1.59. The van der Waals surface area contributed by atoms with Gasteiger partial charge in [-0.3, -0.25) is 9.59 Å². The van der Waals surface area contributed by atoms with E-state index in [1.54, 1.807) is 6.92 Å². The smallest absolute Gasteiger partial charge is 0.330 e. The van der Waals surface area contributed by atoms with E-state index in [0.717, 1.165) is 20.3 Å². The largest absolute Gasteiger partial charge is 0.468 e. The Morgan fingerprint density at radius 2 is 1.76 bits per heavy atom. The lowest BCUT2D eigenvalue weighted by Gasteiger charge is -2.24. The maximum absolute atomic E-state index is 12.0. The standard InChI is InChI=1S/C14H17BrO6/c1-4-21-11(16)7-5-8-14(9-6-10-15,12(17)19-2)13(18)20-3/h5,7H,4,8-9H2,1-3H3/b7-5+. The van der Waals surface area contributed by atoms with Crippen LogP contribution in [0.3, 0.4) is 0 Å². The molecule has 0 saturated carbocycles. The highest BCUT2D eigenvalue weighted by atomic mass is 79.9. The minimum absolute atomic E-state index is 0.0904. The van der Waals surface area contributed by atoms with Gasteiger partial charge in [0.05, 0.1) is 20.8 Å². The summed E-state index contributed by atoms with van der Waals surface area (Å²) in [7, 11) is 2.33. The summed E-state index contributed by atoms with van der Waals surface area (Å²) in [6, 6.07) is 0. The molecule has 0 aromatic heterocycles. The molecule has 0 unspecified atom stereocenters. The Balaban J connectivity index is 5.34. The Bertz CT molecular complexity index is 456. The molecular formula is C14H17BrO6. The molecule has 6 nitrogen and oxygen atoms in total. The minimum Gasteiger partial charge on any atom is -0.468 e. The van der Waals surface area contributed by atoms with E-state index in [-0.39, 0.29) is 19.4 Å². The van der Waals surface area contributed by atoms with E-state index in [9.17, 15) is 14.4 Å². The van der Waals surface area contributed by atoms with Crippen molar-refractivity contribution in [3.05, 3.63) is 12.2 Å². The molecule has 0 N–H and O–H groups in total. The highest BCUT2D eigenvalue weighted by Gasteiger charge is 2.47. The predicted molar refractivity (Wildman–Crippen MR) is 78.2 cm³/mol. The Hall–Kier alpha value is -1.81. The van der Waals surface area contributed by atoms with Crippen molar-refractivity contribution in [2.45, 2.75) is 19.8 Å². The molecule has 0 aliphatic rings. The summed E-state index contributed by atoms with van der Waals surface area (Å²) in [6.07, 6.45) is 2.31. The van der Waals surface area contributed by atoms with Crippen molar-refractivity contribution >= 4 is 33.8 Å². The number of halogens is 1. The maximum atomic E-state index is 12.0. The highest BCUT2D eigenvalue weighted by molar-refractivity contribution is 9.12. The number of carbonyl (C=O) groups is 3. The first-order valence-corrected chi connectivity index (χ1v) is 6.86. The lowest BCUT2D eigenvalue weighted by Crippen LogP contribution is -2.40. The lowest BCUT2D eigenvalue weighted by atomic mass is 9.81. The number of methoxy groups -OCH3 is 2. The minimum atomic E-state index is -1.62. The van der Waals surface area contributed by atoms with Gasteiger partial charge in [-0.15, -0.1) is 0 Å². The highest BCUT2D eigenvalue weighted by Crippen LogP contribution is 2.30. The van der Waals surface area contributed by atoms with Crippen LogP contribution in [-0.2, 0) is 28.6 Å². The summed E-state index contributed by atoms with van der Waals surface area (Å²) in [5.41, 5.74) is -1.62. The summed E-state index contributed by atoms with van der Waals surface area (Å²) in [5, 5.41) is 0. The molecule has 0 rings (SSSR count). The number of esters is 3. The third kappa shape index (κ3) is 5.60. The molecule has 0 amide bonds. The average Bonchev–Trinajstić information content (AvgIpc) is 2.49. The van der Waals surface area contributed by atoms with Crippen molar-refractivity contribution in [1.29, 1.82) is 0 Å². The number of hydrogen-bond acceptors (Lipinski definition) is 6. The fraction of sp³-hybridized carbons (Fsp3) is 0.500. The van der Waals surface area contributed by atoms with Crippen molar-refractivity contribution in [1.82, 2.24) is 0 Å². The van der Waals surface area contributed by atoms with Crippen LogP contribution in [0.5, 0.6) is 0 Å². The molecule has 0 spiro atoms. The van der Waals surface area contributed by atoms with Gasteiger partial charge in [-0.05, 0) is 18.2 Å². The van der Waals surface area contributed by atoms with E-state index in [4.69, 9.17) is 4.74 Å². The zero-order chi connectivity index (χ0) is 16.3. The second-order valence-corrected chi connectivity index (χ2v) is 4.27. The molecule has 7 heteroatoms. The van der Waals surface area contributed by atoms with Crippen LogP contribution in [0.1, 0.15) is 19.8 Å². The normalized spacial score (nSPS) is 10.5. The molecule has 21 heavy (non-hydrogen) atoms. The van der Waals surface area contributed by atoms with Crippen LogP contribution in [-0.4, -0.2) is 38.7 Å². The van der Waals surface area contributed by atoms with Gasteiger partial charge in [0.25, 0.3) is 0 Å². The predicted octanol–water partition coefficient (Wildman–Crippen LogP) is 1.57. The topological polar surface area (TPSA) is 78.9 Å². The molecule has 0 bridgehead atoms. The molecule has 0 aromatic carbocycles. The summed E-state index contributed by atoms with van der Waals surface area (Å²) in [4.78, 5) is 37.6. The Kier molecular flexibility index (Phi) is 9.13. The fourth-order valence-corrected chi connectivity index (χ4v) is 1.73. The second-order valence-electron chi connectivity index (χ2n) is 3.87.